The Morgan fingerprint density at radius 1 is 0.870 bits per heavy atom. The summed E-state index contributed by atoms with van der Waals surface area (Å²) in [6.07, 6.45) is -1.09. The Kier molecular flexibility index (Phi) is 12.1. The second-order valence-corrected chi connectivity index (χ2v) is 6.06. The van der Waals surface area contributed by atoms with E-state index in [1.165, 1.54) is 13.8 Å². The summed E-state index contributed by atoms with van der Waals surface area (Å²) >= 11 is 0. The summed E-state index contributed by atoms with van der Waals surface area (Å²) in [7, 11) is -9.94. The van der Waals surface area contributed by atoms with Crippen molar-refractivity contribution in [2.75, 3.05) is 24.5 Å². The molecule has 2 amide bonds. The van der Waals surface area contributed by atoms with E-state index in [1.54, 1.807) is 0 Å². The first-order valence-electron chi connectivity index (χ1n) is 7.73. The number of nitrogens with one attached hydrogen (secondary N) is 2. The quantitative estimate of drug-likeness (QED) is 0.336. The number of amides is 2. The molecule has 13 heteroatoms. The van der Waals surface area contributed by atoms with Crippen LogP contribution in [0.15, 0.2) is 0 Å². The predicted molar refractivity (Wildman–Crippen MR) is 81.5 cm³/mol. The summed E-state index contributed by atoms with van der Waals surface area (Å²) in [6.45, 7) is 2.07. The molecule has 0 bridgehead atoms. The molecule has 0 spiro atoms. The Morgan fingerprint density at radius 3 is 1.30 bits per heavy atom. The zero-order chi connectivity index (χ0) is 21.4. The molecule has 0 saturated carbocycles. The van der Waals surface area contributed by atoms with Gasteiger partial charge in [-0.2, -0.15) is 0 Å². The summed E-state index contributed by atoms with van der Waals surface area (Å²) < 4.78 is 89.1. The van der Waals surface area contributed by atoms with Crippen LogP contribution in [-0.2, 0) is 29.8 Å². The van der Waals surface area contributed by atoms with Gasteiger partial charge in [0, 0.05) is 43.8 Å². The third-order valence-electron chi connectivity index (χ3n) is 1.56. The van der Waals surface area contributed by atoms with Crippen LogP contribution in [0.1, 0.15) is 32.2 Å². The molecule has 0 unspecified atom stereocenters. The Hall–Kier alpha value is 0.0197. The average molecular weight is 405 g/mol. The van der Waals surface area contributed by atoms with Gasteiger partial charge in [-0.1, -0.05) is 0 Å². The number of hydrogen-bond acceptors (Lipinski definition) is 8. The standard InChI is InChI=1S/2C5H11NO4S.Ca/c2*1-5(7)6-3-2-4-11(8,9)10;/h2*2-4H2,1H3,(H,6,7)(H,8,9,10);/q;;+2/p-2/i2*4D2;. The molecule has 0 saturated heterocycles. The van der Waals surface area contributed by atoms with Crippen LogP contribution in [0, 0.1) is 0 Å². The van der Waals surface area contributed by atoms with Crippen molar-refractivity contribution < 1.29 is 41.0 Å². The van der Waals surface area contributed by atoms with Crippen LogP contribution in [0.4, 0.5) is 0 Å². The van der Waals surface area contributed by atoms with Crippen molar-refractivity contribution in [3.63, 3.8) is 0 Å². The topological polar surface area (TPSA) is 173 Å². The second kappa shape index (κ2) is 14.4. The van der Waals surface area contributed by atoms with Crippen LogP contribution < -0.4 is 10.6 Å². The van der Waals surface area contributed by atoms with Crippen LogP contribution in [-0.4, -0.2) is 100.0 Å². The minimum absolute atomic E-state index is 0. The molecule has 0 radical (unpaired) electrons. The molecule has 23 heavy (non-hydrogen) atoms. The molecule has 0 aromatic carbocycles. The van der Waals surface area contributed by atoms with Crippen LogP contribution in [0.2, 0.25) is 0 Å². The SMILES string of the molecule is [2H]C([2H])(CCNC(C)=O)S(=O)(=O)[O-].[2H]C([2H])(CCNC(C)=O)S(=O)(=O)[O-].[Ca+2]. The first kappa shape index (κ1) is 19.3. The zero-order valence-electron chi connectivity index (χ0n) is 16.6. The van der Waals surface area contributed by atoms with Gasteiger partial charge in [0.1, 0.15) is 0 Å². The van der Waals surface area contributed by atoms with Gasteiger partial charge >= 0.3 is 37.7 Å². The van der Waals surface area contributed by atoms with Crippen molar-refractivity contribution in [3.8, 4) is 0 Å². The van der Waals surface area contributed by atoms with Crippen molar-refractivity contribution in [3.05, 3.63) is 0 Å². The van der Waals surface area contributed by atoms with Gasteiger partial charge in [-0.25, -0.2) is 16.8 Å². The first-order valence-corrected chi connectivity index (χ1v) is 8.55. The fourth-order valence-corrected chi connectivity index (χ4v) is 1.53. The molecule has 132 valence electrons. The van der Waals surface area contributed by atoms with E-state index >= 15 is 0 Å². The van der Waals surface area contributed by atoms with Crippen LogP contribution in [0.3, 0.4) is 0 Å². The Balaban J connectivity index is -0.000000411. The van der Waals surface area contributed by atoms with E-state index in [4.69, 9.17) is 5.48 Å². The van der Waals surface area contributed by atoms with Crippen molar-refractivity contribution >= 4 is 69.8 Å². The van der Waals surface area contributed by atoms with Crippen molar-refractivity contribution in [1.82, 2.24) is 10.6 Å². The monoisotopic (exact) mass is 404 g/mol. The zero-order valence-corrected chi connectivity index (χ0v) is 16.5. The van der Waals surface area contributed by atoms with E-state index in [-0.39, 0.29) is 50.8 Å². The third kappa shape index (κ3) is 34.4. The van der Waals surface area contributed by atoms with E-state index in [9.17, 15) is 35.5 Å². The van der Waals surface area contributed by atoms with Gasteiger partial charge in [-0.15, -0.1) is 0 Å². The summed E-state index contributed by atoms with van der Waals surface area (Å²) in [4.78, 5) is 20.6. The maximum atomic E-state index is 10.3. The molecule has 2 N–H and O–H groups in total. The molecule has 10 nitrogen and oxygen atoms in total. The van der Waals surface area contributed by atoms with Crippen LogP contribution in [0.25, 0.3) is 0 Å². The van der Waals surface area contributed by atoms with Crippen molar-refractivity contribution in [2.45, 2.75) is 26.7 Å². The van der Waals surface area contributed by atoms with Gasteiger partial charge in [-0.3, -0.25) is 9.59 Å². The Bertz CT molecular complexity index is 640. The van der Waals surface area contributed by atoms with Crippen molar-refractivity contribution in [1.29, 1.82) is 0 Å². The van der Waals surface area contributed by atoms with Gasteiger partial charge in [-0.05, 0) is 12.8 Å². The molecule has 0 atom stereocenters. The fraction of sp³-hybridized carbons (Fsp3) is 0.800. The minimum Gasteiger partial charge on any atom is -0.748 e. The van der Waals surface area contributed by atoms with E-state index < -0.39 is 56.3 Å². The van der Waals surface area contributed by atoms with E-state index in [0.29, 0.717) is 0 Å². The van der Waals surface area contributed by atoms with Gasteiger partial charge in [0.05, 0.1) is 20.2 Å². The van der Waals surface area contributed by atoms with Crippen LogP contribution >= 0.6 is 0 Å². The number of carbonyl (C=O) groups is 2. The summed E-state index contributed by atoms with van der Waals surface area (Å²) in [6, 6.07) is 0. The van der Waals surface area contributed by atoms with E-state index in [2.05, 4.69) is 10.6 Å². The molecule has 0 aliphatic heterocycles. The third-order valence-corrected chi connectivity index (χ3v) is 2.67. The number of carbonyl (C=O) groups excluding carboxylic acids is 2. The summed E-state index contributed by atoms with van der Waals surface area (Å²) in [5, 5.41) is 4.38. The number of rotatable bonds is 8. The van der Waals surface area contributed by atoms with Crippen LogP contribution in [0.5, 0.6) is 0 Å². The maximum Gasteiger partial charge on any atom is 2.00 e. The van der Waals surface area contributed by atoms with Gasteiger partial charge < -0.3 is 19.7 Å². The van der Waals surface area contributed by atoms with Gasteiger partial charge in [0.2, 0.25) is 11.8 Å². The molecule has 0 aromatic heterocycles. The first-order chi connectivity index (χ1) is 11.3. The molecular weight excluding hydrogens is 380 g/mol. The normalized spacial score (nSPS) is 14.4. The predicted octanol–water partition coefficient (Wildman–Crippen LogP) is -2.27. The molecule has 0 rings (SSSR count). The maximum absolute atomic E-state index is 10.3. The number of hydrogen-bond donors (Lipinski definition) is 2. The molecule has 0 heterocycles. The Labute approximate surface area is 171 Å². The molecule has 0 aliphatic carbocycles. The summed E-state index contributed by atoms with van der Waals surface area (Å²) in [5.41, 5.74) is -5.65. The molecule has 0 aliphatic rings. The van der Waals surface area contributed by atoms with Gasteiger partial charge in [0.25, 0.3) is 0 Å². The van der Waals surface area contributed by atoms with Crippen molar-refractivity contribution in [2.24, 2.45) is 0 Å². The average Bonchev–Trinajstić information content (AvgIpc) is 2.35. The summed E-state index contributed by atoms with van der Waals surface area (Å²) in [5.74, 6) is -0.807. The fourth-order valence-electron chi connectivity index (χ4n) is 0.829. The second-order valence-electron chi connectivity index (χ2n) is 3.66. The van der Waals surface area contributed by atoms with Gasteiger partial charge in [0.15, 0.2) is 0 Å². The Morgan fingerprint density at radius 2 is 1.13 bits per heavy atom. The minimum atomic E-state index is -4.97. The van der Waals surface area contributed by atoms with E-state index in [1.807, 2.05) is 0 Å². The van der Waals surface area contributed by atoms with E-state index in [0.717, 1.165) is 0 Å². The molecule has 0 fully saturated rings. The molecular formula is C10H20CaN2O8S2. The smallest absolute Gasteiger partial charge is 0.748 e. The molecule has 0 aromatic rings. The largest absolute Gasteiger partial charge is 2.00 e.